The molecule has 26 heavy (non-hydrogen) atoms. The lowest BCUT2D eigenvalue weighted by Crippen LogP contribution is -2.11. The first kappa shape index (κ1) is 17.8. The van der Waals surface area contributed by atoms with Gasteiger partial charge in [0.2, 0.25) is 0 Å². The van der Waals surface area contributed by atoms with Crippen molar-refractivity contribution in [3.8, 4) is 0 Å². The predicted octanol–water partition coefficient (Wildman–Crippen LogP) is 5.88. The van der Waals surface area contributed by atoms with Crippen LogP contribution in [0.2, 0.25) is 0 Å². The van der Waals surface area contributed by atoms with Gasteiger partial charge in [0.15, 0.2) is 16.8 Å². The van der Waals surface area contributed by atoms with Crippen molar-refractivity contribution in [2.75, 3.05) is 5.32 Å². The Kier molecular flexibility index (Phi) is 4.92. The first-order valence-corrected chi connectivity index (χ1v) is 11.0. The standard InChI is InChI=1S/C19H25N5S2/c1-19(2,3)14-11-15(24-23-14)21-17-16-13(9-10-25-16)20-18(22-17)26-12-7-5-4-6-8-12/h9-12H,4-8H2,1-3H3,(H2,20,21,22,23,24). The van der Waals surface area contributed by atoms with Gasteiger partial charge in [0.1, 0.15) is 0 Å². The summed E-state index contributed by atoms with van der Waals surface area (Å²) in [6.07, 6.45) is 6.56. The molecule has 0 atom stereocenters. The number of aromatic amines is 1. The maximum Gasteiger partial charge on any atom is 0.190 e. The fourth-order valence-electron chi connectivity index (χ4n) is 3.20. The Morgan fingerprint density at radius 2 is 2.00 bits per heavy atom. The van der Waals surface area contributed by atoms with E-state index in [0.717, 1.165) is 32.7 Å². The molecule has 7 heteroatoms. The number of H-pyrrole nitrogens is 1. The summed E-state index contributed by atoms with van der Waals surface area (Å²) >= 11 is 3.50. The minimum absolute atomic E-state index is 0.0405. The molecule has 0 radical (unpaired) electrons. The highest BCUT2D eigenvalue weighted by molar-refractivity contribution is 7.99. The average molecular weight is 388 g/mol. The van der Waals surface area contributed by atoms with Gasteiger partial charge in [0.05, 0.1) is 10.2 Å². The molecule has 3 aromatic rings. The molecule has 1 saturated carbocycles. The molecule has 1 aliphatic carbocycles. The minimum Gasteiger partial charge on any atom is -0.322 e. The zero-order chi connectivity index (χ0) is 18.1. The fraction of sp³-hybridized carbons (Fsp3) is 0.526. The lowest BCUT2D eigenvalue weighted by molar-refractivity contribution is 0.515. The Morgan fingerprint density at radius 1 is 1.19 bits per heavy atom. The molecule has 0 aliphatic heterocycles. The van der Waals surface area contributed by atoms with Crippen molar-refractivity contribution in [1.29, 1.82) is 0 Å². The van der Waals surface area contributed by atoms with Gasteiger partial charge in [0.25, 0.3) is 0 Å². The van der Waals surface area contributed by atoms with Crippen LogP contribution in [0.4, 0.5) is 11.6 Å². The van der Waals surface area contributed by atoms with E-state index in [9.17, 15) is 0 Å². The van der Waals surface area contributed by atoms with E-state index in [0.29, 0.717) is 5.25 Å². The second kappa shape index (κ2) is 7.19. The lowest BCUT2D eigenvalue weighted by Gasteiger charge is -2.20. The zero-order valence-corrected chi connectivity index (χ0v) is 17.1. The number of thiophene rings is 1. The van der Waals surface area contributed by atoms with Crippen LogP contribution < -0.4 is 5.32 Å². The monoisotopic (exact) mass is 387 g/mol. The summed E-state index contributed by atoms with van der Waals surface area (Å²) in [7, 11) is 0. The topological polar surface area (TPSA) is 66.5 Å². The molecule has 2 N–H and O–H groups in total. The first-order chi connectivity index (χ1) is 12.5. The summed E-state index contributed by atoms with van der Waals surface area (Å²) < 4.78 is 1.08. The van der Waals surface area contributed by atoms with Crippen molar-refractivity contribution < 1.29 is 0 Å². The van der Waals surface area contributed by atoms with Crippen LogP contribution in [0.3, 0.4) is 0 Å². The lowest BCUT2D eigenvalue weighted by atomic mass is 9.92. The minimum atomic E-state index is 0.0405. The van der Waals surface area contributed by atoms with Crippen LogP contribution in [-0.2, 0) is 5.41 Å². The van der Waals surface area contributed by atoms with E-state index in [4.69, 9.17) is 9.97 Å². The highest BCUT2D eigenvalue weighted by Gasteiger charge is 2.20. The van der Waals surface area contributed by atoms with Crippen molar-refractivity contribution >= 4 is 45.0 Å². The Bertz CT molecular complexity index is 887. The highest BCUT2D eigenvalue weighted by Crippen LogP contribution is 2.35. The van der Waals surface area contributed by atoms with Crippen LogP contribution in [0.5, 0.6) is 0 Å². The Hall–Kier alpha value is -1.60. The van der Waals surface area contributed by atoms with Crippen molar-refractivity contribution in [2.24, 2.45) is 0 Å². The Morgan fingerprint density at radius 3 is 2.73 bits per heavy atom. The Balaban J connectivity index is 1.61. The molecule has 3 aromatic heterocycles. The van der Waals surface area contributed by atoms with Crippen LogP contribution in [0.1, 0.15) is 58.6 Å². The molecule has 1 fully saturated rings. The number of nitrogens with zero attached hydrogens (tertiary/aromatic N) is 3. The largest absolute Gasteiger partial charge is 0.322 e. The SMILES string of the molecule is CC(C)(C)c1cc(Nc2nc(SC3CCCCC3)nc3ccsc23)n[nH]1. The van der Waals surface area contributed by atoms with E-state index in [1.807, 2.05) is 11.8 Å². The van der Waals surface area contributed by atoms with Crippen LogP contribution >= 0.6 is 23.1 Å². The molecule has 0 saturated heterocycles. The van der Waals surface area contributed by atoms with E-state index >= 15 is 0 Å². The molecule has 0 bridgehead atoms. The van der Waals surface area contributed by atoms with Gasteiger partial charge in [-0.2, -0.15) is 5.10 Å². The van der Waals surface area contributed by atoms with Gasteiger partial charge >= 0.3 is 0 Å². The second-order valence-electron chi connectivity index (χ2n) is 7.91. The maximum atomic E-state index is 4.83. The molecule has 0 spiro atoms. The number of anilines is 2. The van der Waals surface area contributed by atoms with Crippen LogP contribution in [0.15, 0.2) is 22.7 Å². The van der Waals surface area contributed by atoms with Gasteiger partial charge in [-0.3, -0.25) is 5.10 Å². The van der Waals surface area contributed by atoms with Crippen molar-refractivity contribution in [3.63, 3.8) is 0 Å². The molecule has 0 amide bonds. The van der Waals surface area contributed by atoms with Gasteiger partial charge in [-0.1, -0.05) is 51.8 Å². The van der Waals surface area contributed by atoms with Gasteiger partial charge < -0.3 is 5.32 Å². The van der Waals surface area contributed by atoms with E-state index in [2.05, 4.69) is 53.8 Å². The van der Waals surface area contributed by atoms with Crippen molar-refractivity contribution in [3.05, 3.63) is 23.2 Å². The van der Waals surface area contributed by atoms with Crippen LogP contribution in [0.25, 0.3) is 10.2 Å². The zero-order valence-electron chi connectivity index (χ0n) is 15.5. The molecule has 5 nitrogen and oxygen atoms in total. The molecule has 4 rings (SSSR count). The van der Waals surface area contributed by atoms with Crippen molar-refractivity contribution in [2.45, 2.75) is 68.7 Å². The quantitative estimate of drug-likeness (QED) is 0.547. The molecular weight excluding hydrogens is 362 g/mol. The number of thioether (sulfide) groups is 1. The average Bonchev–Trinajstić information content (AvgIpc) is 3.24. The van der Waals surface area contributed by atoms with E-state index < -0.39 is 0 Å². The number of hydrogen-bond donors (Lipinski definition) is 2. The third-order valence-corrected chi connectivity index (χ3v) is 6.85. The molecule has 3 heterocycles. The molecule has 0 unspecified atom stereocenters. The summed E-state index contributed by atoms with van der Waals surface area (Å²) in [6, 6.07) is 4.14. The van der Waals surface area contributed by atoms with Crippen LogP contribution in [-0.4, -0.2) is 25.4 Å². The normalized spacial score (nSPS) is 16.3. The summed E-state index contributed by atoms with van der Waals surface area (Å²) in [5.74, 6) is 1.66. The number of hydrogen-bond acceptors (Lipinski definition) is 6. The molecule has 0 aromatic carbocycles. The smallest absolute Gasteiger partial charge is 0.190 e. The van der Waals surface area contributed by atoms with E-state index in [1.165, 1.54) is 32.1 Å². The second-order valence-corrected chi connectivity index (χ2v) is 10.1. The van der Waals surface area contributed by atoms with E-state index in [1.54, 1.807) is 11.3 Å². The number of fused-ring (bicyclic) bond motifs is 1. The molecular formula is C19H25N5S2. The fourth-order valence-corrected chi connectivity index (χ4v) is 5.14. The van der Waals surface area contributed by atoms with Gasteiger partial charge in [-0.15, -0.1) is 11.3 Å². The van der Waals surface area contributed by atoms with Gasteiger partial charge in [0, 0.05) is 22.4 Å². The van der Waals surface area contributed by atoms with Crippen LogP contribution in [0, 0.1) is 0 Å². The third-order valence-electron chi connectivity index (χ3n) is 4.74. The number of nitrogens with one attached hydrogen (secondary N) is 2. The summed E-state index contributed by atoms with van der Waals surface area (Å²) in [4.78, 5) is 9.60. The summed E-state index contributed by atoms with van der Waals surface area (Å²) in [6.45, 7) is 6.52. The van der Waals surface area contributed by atoms with E-state index in [-0.39, 0.29) is 5.41 Å². The number of aromatic nitrogens is 4. The third kappa shape index (κ3) is 3.88. The maximum absolute atomic E-state index is 4.83. The van der Waals surface area contributed by atoms with Gasteiger partial charge in [-0.25, -0.2) is 9.97 Å². The number of rotatable bonds is 4. The van der Waals surface area contributed by atoms with Crippen molar-refractivity contribution in [1.82, 2.24) is 20.2 Å². The molecule has 138 valence electrons. The predicted molar refractivity (Wildman–Crippen MR) is 111 cm³/mol. The first-order valence-electron chi connectivity index (χ1n) is 9.24. The summed E-state index contributed by atoms with van der Waals surface area (Å²) in [5.41, 5.74) is 2.16. The molecule has 1 aliphatic rings. The Labute approximate surface area is 162 Å². The highest BCUT2D eigenvalue weighted by atomic mass is 32.2. The van der Waals surface area contributed by atoms with Gasteiger partial charge in [-0.05, 0) is 24.3 Å². The summed E-state index contributed by atoms with van der Waals surface area (Å²) in [5, 5.41) is 14.5.